The lowest BCUT2D eigenvalue weighted by Gasteiger charge is -2.00. The molecule has 0 spiro atoms. The van der Waals surface area contributed by atoms with Gasteiger partial charge in [-0.2, -0.15) is 0 Å². The zero-order chi connectivity index (χ0) is 12.8. The predicted molar refractivity (Wildman–Crippen MR) is 77.7 cm³/mol. The van der Waals surface area contributed by atoms with Crippen LogP contribution >= 0.6 is 0 Å². The number of nitrogens with one attached hydrogen (secondary N) is 1. The Morgan fingerprint density at radius 1 is 0.944 bits per heavy atom. The highest BCUT2D eigenvalue weighted by Crippen LogP contribution is 2.07. The maximum absolute atomic E-state index is 3.27. The molecule has 0 aromatic heterocycles. The quantitative estimate of drug-likeness (QED) is 0.781. The van der Waals surface area contributed by atoms with Gasteiger partial charge >= 0.3 is 0 Å². The monoisotopic (exact) mass is 235 g/mol. The summed E-state index contributed by atoms with van der Waals surface area (Å²) in [5, 5.41) is 3.27. The first kappa shape index (κ1) is 12.3. The zero-order valence-corrected chi connectivity index (χ0v) is 10.8. The summed E-state index contributed by atoms with van der Waals surface area (Å²) >= 11 is 0. The van der Waals surface area contributed by atoms with Gasteiger partial charge in [0.1, 0.15) is 0 Å². The Hall–Kier alpha value is -2.20. The fourth-order valence-corrected chi connectivity index (χ4v) is 1.90. The van der Waals surface area contributed by atoms with E-state index in [2.05, 4.69) is 49.2 Å². The Balaban J connectivity index is 1.96. The maximum Gasteiger partial charge on any atom is 0.0769 e. The van der Waals surface area contributed by atoms with Gasteiger partial charge in [0, 0.05) is 11.3 Å². The Kier molecular flexibility index (Phi) is 4.04. The second kappa shape index (κ2) is 5.93. The molecule has 2 aromatic rings. The van der Waals surface area contributed by atoms with Crippen molar-refractivity contribution in [1.82, 2.24) is 0 Å². The van der Waals surface area contributed by atoms with Crippen LogP contribution in [0, 0.1) is 25.7 Å². The smallest absolute Gasteiger partial charge is 0.0769 e. The van der Waals surface area contributed by atoms with Gasteiger partial charge in [-0.1, -0.05) is 36.1 Å². The Bertz CT molecular complexity index is 553. The van der Waals surface area contributed by atoms with E-state index in [1.807, 2.05) is 30.3 Å². The summed E-state index contributed by atoms with van der Waals surface area (Å²) in [7, 11) is 0. The second-order valence-corrected chi connectivity index (χ2v) is 4.40. The van der Waals surface area contributed by atoms with Crippen LogP contribution < -0.4 is 5.32 Å². The number of benzene rings is 2. The van der Waals surface area contributed by atoms with Crippen LogP contribution in [-0.4, -0.2) is 6.54 Å². The van der Waals surface area contributed by atoms with Gasteiger partial charge in [0.05, 0.1) is 6.54 Å². The minimum atomic E-state index is 0.664. The van der Waals surface area contributed by atoms with E-state index in [1.54, 1.807) is 0 Å². The number of hydrogen-bond donors (Lipinski definition) is 1. The first-order valence-corrected chi connectivity index (χ1v) is 6.10. The molecule has 0 bridgehead atoms. The van der Waals surface area contributed by atoms with Crippen molar-refractivity contribution in [2.75, 3.05) is 11.9 Å². The van der Waals surface area contributed by atoms with Crippen LogP contribution in [0.3, 0.4) is 0 Å². The summed E-state index contributed by atoms with van der Waals surface area (Å²) in [6, 6.07) is 16.5. The van der Waals surface area contributed by atoms with Crippen LogP contribution in [0.5, 0.6) is 0 Å². The van der Waals surface area contributed by atoms with E-state index >= 15 is 0 Å². The van der Waals surface area contributed by atoms with Crippen molar-refractivity contribution in [2.24, 2.45) is 0 Å². The summed E-state index contributed by atoms with van der Waals surface area (Å²) in [6.07, 6.45) is 0. The van der Waals surface area contributed by atoms with Crippen LogP contribution in [0.25, 0.3) is 0 Å². The highest BCUT2D eigenvalue weighted by molar-refractivity contribution is 5.45. The highest BCUT2D eigenvalue weighted by atomic mass is 14.8. The lowest BCUT2D eigenvalue weighted by atomic mass is 10.1. The Morgan fingerprint density at radius 2 is 1.61 bits per heavy atom. The number of para-hydroxylation sites is 1. The third-order valence-corrected chi connectivity index (χ3v) is 2.61. The second-order valence-electron chi connectivity index (χ2n) is 4.40. The molecule has 0 aliphatic rings. The number of anilines is 1. The van der Waals surface area contributed by atoms with Gasteiger partial charge in [-0.3, -0.25) is 0 Å². The minimum absolute atomic E-state index is 0.664. The average molecular weight is 235 g/mol. The van der Waals surface area contributed by atoms with Crippen LogP contribution in [0.4, 0.5) is 5.69 Å². The van der Waals surface area contributed by atoms with Gasteiger partial charge in [-0.25, -0.2) is 0 Å². The summed E-state index contributed by atoms with van der Waals surface area (Å²) in [6.45, 7) is 4.86. The van der Waals surface area contributed by atoms with Gasteiger partial charge in [0.25, 0.3) is 0 Å². The van der Waals surface area contributed by atoms with Crippen molar-refractivity contribution in [2.45, 2.75) is 13.8 Å². The molecule has 2 rings (SSSR count). The standard InChI is InChI=1S/C17H17N/c1-14-11-15(2)13-16(12-14)7-6-10-18-17-8-4-3-5-9-17/h3-5,8-9,11-13,18H,10H2,1-2H3. The third kappa shape index (κ3) is 3.68. The van der Waals surface area contributed by atoms with Crippen molar-refractivity contribution in [3.8, 4) is 11.8 Å². The Labute approximate surface area is 109 Å². The zero-order valence-electron chi connectivity index (χ0n) is 10.8. The molecular formula is C17H17N. The summed E-state index contributed by atoms with van der Waals surface area (Å²) in [4.78, 5) is 0. The third-order valence-electron chi connectivity index (χ3n) is 2.61. The first-order chi connectivity index (χ1) is 8.74. The number of hydrogen-bond acceptors (Lipinski definition) is 1. The van der Waals surface area contributed by atoms with Crippen LogP contribution in [0.2, 0.25) is 0 Å². The molecule has 0 amide bonds. The predicted octanol–water partition coefficient (Wildman–Crippen LogP) is 3.77. The summed E-state index contributed by atoms with van der Waals surface area (Å²) < 4.78 is 0. The highest BCUT2D eigenvalue weighted by Gasteiger charge is 1.91. The van der Waals surface area contributed by atoms with Gasteiger partial charge in [0.15, 0.2) is 0 Å². The van der Waals surface area contributed by atoms with E-state index in [-0.39, 0.29) is 0 Å². The fourth-order valence-electron chi connectivity index (χ4n) is 1.90. The van der Waals surface area contributed by atoms with E-state index in [4.69, 9.17) is 0 Å². The average Bonchev–Trinajstić information content (AvgIpc) is 2.35. The van der Waals surface area contributed by atoms with Gasteiger partial charge in [0.2, 0.25) is 0 Å². The molecule has 1 N–H and O–H groups in total. The van der Waals surface area contributed by atoms with Crippen molar-refractivity contribution >= 4 is 5.69 Å². The van der Waals surface area contributed by atoms with Crippen molar-refractivity contribution in [3.63, 3.8) is 0 Å². The van der Waals surface area contributed by atoms with Gasteiger partial charge in [-0.15, -0.1) is 0 Å². The molecule has 0 aliphatic carbocycles. The first-order valence-electron chi connectivity index (χ1n) is 6.10. The van der Waals surface area contributed by atoms with E-state index < -0.39 is 0 Å². The number of aryl methyl sites for hydroxylation is 2. The van der Waals surface area contributed by atoms with E-state index in [0.717, 1.165) is 11.3 Å². The molecule has 1 heteroatoms. The SMILES string of the molecule is Cc1cc(C)cc(C#CCNc2ccccc2)c1. The molecule has 18 heavy (non-hydrogen) atoms. The normalized spacial score (nSPS) is 9.44. The molecule has 1 nitrogen and oxygen atoms in total. The largest absolute Gasteiger partial charge is 0.374 e. The molecule has 90 valence electrons. The van der Waals surface area contributed by atoms with Gasteiger partial charge < -0.3 is 5.32 Å². The van der Waals surface area contributed by atoms with Crippen LogP contribution in [0.15, 0.2) is 48.5 Å². The molecule has 0 fully saturated rings. The maximum atomic E-state index is 3.27. The lowest BCUT2D eigenvalue weighted by molar-refractivity contribution is 1.36. The van der Waals surface area contributed by atoms with E-state index in [9.17, 15) is 0 Å². The van der Waals surface area contributed by atoms with Crippen molar-refractivity contribution < 1.29 is 0 Å². The summed E-state index contributed by atoms with van der Waals surface area (Å²) in [5.41, 5.74) is 4.71. The molecule has 0 saturated heterocycles. The molecule has 0 radical (unpaired) electrons. The molecule has 0 aliphatic heterocycles. The molecule has 0 unspecified atom stereocenters. The van der Waals surface area contributed by atoms with Crippen molar-refractivity contribution in [3.05, 3.63) is 65.2 Å². The van der Waals surface area contributed by atoms with Crippen molar-refractivity contribution in [1.29, 1.82) is 0 Å². The molecule has 0 atom stereocenters. The molecule has 2 aromatic carbocycles. The molecule has 0 saturated carbocycles. The lowest BCUT2D eigenvalue weighted by Crippen LogP contribution is -1.97. The molecule has 0 heterocycles. The van der Waals surface area contributed by atoms with Gasteiger partial charge in [-0.05, 0) is 49.2 Å². The van der Waals surface area contributed by atoms with E-state index in [1.165, 1.54) is 11.1 Å². The molecular weight excluding hydrogens is 218 g/mol. The summed E-state index contributed by atoms with van der Waals surface area (Å²) in [5.74, 6) is 6.33. The topological polar surface area (TPSA) is 12.0 Å². The fraction of sp³-hybridized carbons (Fsp3) is 0.176. The minimum Gasteiger partial charge on any atom is -0.374 e. The number of rotatable bonds is 2. The van der Waals surface area contributed by atoms with E-state index in [0.29, 0.717) is 6.54 Å². The van der Waals surface area contributed by atoms with Crippen LogP contribution in [-0.2, 0) is 0 Å². The Morgan fingerprint density at radius 3 is 2.28 bits per heavy atom. The van der Waals surface area contributed by atoms with Crippen LogP contribution in [0.1, 0.15) is 16.7 Å².